The molecule has 2 aromatic heterocycles. The molecule has 29 heavy (non-hydrogen) atoms. The lowest BCUT2D eigenvalue weighted by molar-refractivity contribution is -0.121. The Morgan fingerprint density at radius 1 is 1.24 bits per heavy atom. The number of para-hydroxylation sites is 2. The lowest BCUT2D eigenvalue weighted by atomic mass is 10.2. The number of hydrogen-bond donors (Lipinski definition) is 1. The minimum atomic E-state index is -0.0346. The van der Waals surface area contributed by atoms with E-state index in [2.05, 4.69) is 30.3 Å². The summed E-state index contributed by atoms with van der Waals surface area (Å²) in [5, 5.41) is 6.96. The third kappa shape index (κ3) is 4.50. The van der Waals surface area contributed by atoms with Gasteiger partial charge >= 0.3 is 0 Å². The highest BCUT2D eigenvalue weighted by atomic mass is 16.5. The predicted octanol–water partition coefficient (Wildman–Crippen LogP) is 1.86. The Morgan fingerprint density at radius 2 is 2.07 bits per heavy atom. The molecule has 3 aromatic rings. The van der Waals surface area contributed by atoms with E-state index in [0.29, 0.717) is 24.0 Å². The van der Waals surface area contributed by atoms with Crippen LogP contribution in [0.15, 0.2) is 47.2 Å². The molecule has 1 aliphatic rings. The number of nitrogens with one attached hydrogen (secondary N) is 1. The van der Waals surface area contributed by atoms with Gasteiger partial charge in [0.15, 0.2) is 0 Å². The average molecular weight is 394 g/mol. The molecule has 1 N–H and O–H groups in total. The molecular formula is C20H22N6O3. The number of ether oxygens (including phenoxy) is 1. The minimum absolute atomic E-state index is 0.0346. The number of carbonyl (C=O) groups excluding carboxylic acids is 1. The van der Waals surface area contributed by atoms with Crippen LogP contribution < -0.4 is 15.0 Å². The SMILES string of the molecule is COc1ccccc1N1CC[C@@H](NC(=O)CCc2nc(-c3ncccn3)no2)C1. The summed E-state index contributed by atoms with van der Waals surface area (Å²) in [4.78, 5) is 27.0. The molecule has 0 saturated carbocycles. The Balaban J connectivity index is 1.27. The van der Waals surface area contributed by atoms with E-state index in [4.69, 9.17) is 9.26 Å². The summed E-state index contributed by atoms with van der Waals surface area (Å²) in [6.07, 6.45) is 4.76. The van der Waals surface area contributed by atoms with Crippen LogP contribution in [0.25, 0.3) is 11.6 Å². The molecule has 1 saturated heterocycles. The van der Waals surface area contributed by atoms with Crippen molar-refractivity contribution in [1.82, 2.24) is 25.4 Å². The molecule has 1 aliphatic heterocycles. The molecule has 150 valence electrons. The van der Waals surface area contributed by atoms with Crippen molar-refractivity contribution >= 4 is 11.6 Å². The van der Waals surface area contributed by atoms with Crippen molar-refractivity contribution in [3.63, 3.8) is 0 Å². The van der Waals surface area contributed by atoms with Gasteiger partial charge in [0.1, 0.15) is 5.75 Å². The number of anilines is 1. The lowest BCUT2D eigenvalue weighted by Crippen LogP contribution is -2.37. The number of rotatable bonds is 7. The van der Waals surface area contributed by atoms with Gasteiger partial charge in [0, 0.05) is 44.4 Å². The molecule has 0 spiro atoms. The van der Waals surface area contributed by atoms with Gasteiger partial charge in [0.2, 0.25) is 23.4 Å². The summed E-state index contributed by atoms with van der Waals surface area (Å²) in [6.45, 7) is 1.62. The number of carbonyl (C=O) groups is 1. The van der Waals surface area contributed by atoms with E-state index < -0.39 is 0 Å². The van der Waals surface area contributed by atoms with E-state index >= 15 is 0 Å². The molecule has 1 fully saturated rings. The van der Waals surface area contributed by atoms with Crippen molar-refractivity contribution in [1.29, 1.82) is 0 Å². The zero-order valence-electron chi connectivity index (χ0n) is 16.1. The Labute approximate surface area is 168 Å². The maximum atomic E-state index is 12.3. The van der Waals surface area contributed by atoms with Crippen molar-refractivity contribution in [3.05, 3.63) is 48.6 Å². The fraction of sp³-hybridized carbons (Fsp3) is 0.350. The van der Waals surface area contributed by atoms with E-state index in [9.17, 15) is 4.79 Å². The third-order valence-corrected chi connectivity index (χ3v) is 4.78. The number of nitrogens with zero attached hydrogens (tertiary/aromatic N) is 5. The van der Waals surface area contributed by atoms with E-state index in [-0.39, 0.29) is 18.4 Å². The minimum Gasteiger partial charge on any atom is -0.495 e. The van der Waals surface area contributed by atoms with Gasteiger partial charge < -0.3 is 19.5 Å². The number of hydrogen-bond acceptors (Lipinski definition) is 8. The second-order valence-corrected chi connectivity index (χ2v) is 6.76. The summed E-state index contributed by atoms with van der Waals surface area (Å²) >= 11 is 0. The highest BCUT2D eigenvalue weighted by molar-refractivity contribution is 5.76. The van der Waals surface area contributed by atoms with Gasteiger partial charge in [-0.2, -0.15) is 4.98 Å². The number of aryl methyl sites for hydroxylation is 1. The summed E-state index contributed by atoms with van der Waals surface area (Å²) in [5.41, 5.74) is 1.05. The third-order valence-electron chi connectivity index (χ3n) is 4.78. The molecule has 0 unspecified atom stereocenters. The van der Waals surface area contributed by atoms with E-state index in [1.165, 1.54) is 0 Å². The molecule has 9 nitrogen and oxygen atoms in total. The lowest BCUT2D eigenvalue weighted by Gasteiger charge is -2.21. The van der Waals surface area contributed by atoms with Crippen LogP contribution in [0.4, 0.5) is 5.69 Å². The van der Waals surface area contributed by atoms with Gasteiger partial charge in [-0.05, 0) is 24.6 Å². The van der Waals surface area contributed by atoms with Gasteiger partial charge in [0.05, 0.1) is 12.8 Å². The van der Waals surface area contributed by atoms with Gasteiger partial charge in [0.25, 0.3) is 0 Å². The monoisotopic (exact) mass is 394 g/mol. The molecule has 1 aromatic carbocycles. The first kappa shape index (κ1) is 18.9. The molecule has 0 radical (unpaired) electrons. The van der Waals surface area contributed by atoms with Crippen LogP contribution in [0.5, 0.6) is 5.75 Å². The molecule has 9 heteroatoms. The average Bonchev–Trinajstić information content (AvgIpc) is 3.43. The Hall–Kier alpha value is -3.49. The first-order valence-electron chi connectivity index (χ1n) is 9.50. The van der Waals surface area contributed by atoms with Crippen LogP contribution in [0.2, 0.25) is 0 Å². The first-order valence-corrected chi connectivity index (χ1v) is 9.50. The van der Waals surface area contributed by atoms with Gasteiger partial charge in [-0.3, -0.25) is 4.79 Å². The summed E-state index contributed by atoms with van der Waals surface area (Å²) in [7, 11) is 1.67. The van der Waals surface area contributed by atoms with Crippen LogP contribution in [0, 0.1) is 0 Å². The number of methoxy groups -OCH3 is 1. The fourth-order valence-electron chi connectivity index (χ4n) is 3.37. The first-order chi connectivity index (χ1) is 14.2. The standard InChI is InChI=1S/C20H22N6O3/c1-28-16-6-3-2-5-15(16)26-12-9-14(13-26)23-17(27)7-8-18-24-20(25-29-18)19-21-10-4-11-22-19/h2-6,10-11,14H,7-9,12-13H2,1H3,(H,23,27)/t14-/m1/s1. The summed E-state index contributed by atoms with van der Waals surface area (Å²) in [5.74, 6) is 1.92. The number of amides is 1. The quantitative estimate of drug-likeness (QED) is 0.647. The van der Waals surface area contributed by atoms with E-state index in [1.807, 2.05) is 24.3 Å². The highest BCUT2D eigenvalue weighted by Gasteiger charge is 2.25. The van der Waals surface area contributed by atoms with Crippen molar-refractivity contribution in [2.75, 3.05) is 25.1 Å². The summed E-state index contributed by atoms with van der Waals surface area (Å²) < 4.78 is 10.6. The van der Waals surface area contributed by atoms with Crippen molar-refractivity contribution in [3.8, 4) is 17.4 Å². The van der Waals surface area contributed by atoms with Crippen LogP contribution in [0.1, 0.15) is 18.7 Å². The fourth-order valence-corrected chi connectivity index (χ4v) is 3.37. The maximum Gasteiger partial charge on any atom is 0.240 e. The Kier molecular flexibility index (Phi) is 5.64. The van der Waals surface area contributed by atoms with E-state index in [0.717, 1.165) is 30.9 Å². The molecule has 0 bridgehead atoms. The van der Waals surface area contributed by atoms with Gasteiger partial charge in [-0.25, -0.2) is 9.97 Å². The normalized spacial score (nSPS) is 16.0. The highest BCUT2D eigenvalue weighted by Crippen LogP contribution is 2.30. The number of benzene rings is 1. The molecular weight excluding hydrogens is 372 g/mol. The van der Waals surface area contributed by atoms with Crippen LogP contribution >= 0.6 is 0 Å². The largest absolute Gasteiger partial charge is 0.495 e. The molecule has 4 rings (SSSR count). The zero-order valence-corrected chi connectivity index (χ0v) is 16.1. The molecule has 3 heterocycles. The second-order valence-electron chi connectivity index (χ2n) is 6.76. The second kappa shape index (κ2) is 8.68. The molecule has 0 aliphatic carbocycles. The molecule has 1 amide bonds. The Bertz CT molecular complexity index is 962. The van der Waals surface area contributed by atoms with Crippen molar-refractivity contribution < 1.29 is 14.1 Å². The van der Waals surface area contributed by atoms with Crippen LogP contribution in [-0.4, -0.2) is 52.3 Å². The number of aromatic nitrogens is 4. The molecule has 1 atom stereocenters. The van der Waals surface area contributed by atoms with Crippen molar-refractivity contribution in [2.45, 2.75) is 25.3 Å². The van der Waals surface area contributed by atoms with Gasteiger partial charge in [-0.1, -0.05) is 17.3 Å². The Morgan fingerprint density at radius 3 is 2.90 bits per heavy atom. The van der Waals surface area contributed by atoms with Crippen LogP contribution in [0.3, 0.4) is 0 Å². The van der Waals surface area contributed by atoms with E-state index in [1.54, 1.807) is 25.6 Å². The maximum absolute atomic E-state index is 12.3. The topological polar surface area (TPSA) is 106 Å². The predicted molar refractivity (Wildman–Crippen MR) is 105 cm³/mol. The smallest absolute Gasteiger partial charge is 0.240 e. The van der Waals surface area contributed by atoms with Crippen LogP contribution in [-0.2, 0) is 11.2 Å². The van der Waals surface area contributed by atoms with Crippen molar-refractivity contribution in [2.24, 2.45) is 0 Å². The van der Waals surface area contributed by atoms with Gasteiger partial charge in [-0.15, -0.1) is 0 Å². The summed E-state index contributed by atoms with van der Waals surface area (Å²) in [6, 6.07) is 9.73. The zero-order chi connectivity index (χ0) is 20.1.